The highest BCUT2D eigenvalue weighted by Gasteiger charge is 2.19. The largest absolute Gasteiger partial charge is 0.398 e. The first-order valence-corrected chi connectivity index (χ1v) is 8.17. The molecule has 0 heterocycles. The lowest BCUT2D eigenvalue weighted by Crippen LogP contribution is -2.08. The molecule has 0 aliphatic rings. The number of aryl methyl sites for hydroxylation is 2. The van der Waals surface area contributed by atoms with E-state index in [1.807, 2.05) is 13.8 Å². The molecule has 0 spiro atoms. The van der Waals surface area contributed by atoms with Gasteiger partial charge in [-0.3, -0.25) is 0 Å². The van der Waals surface area contributed by atoms with Crippen LogP contribution in [0, 0.1) is 13.8 Å². The summed E-state index contributed by atoms with van der Waals surface area (Å²) in [5.74, 6) is -0.193. The molecule has 0 unspecified atom stereocenters. The van der Waals surface area contributed by atoms with Crippen LogP contribution in [0.1, 0.15) is 16.7 Å². The Balaban J connectivity index is 2.43. The highest BCUT2D eigenvalue weighted by molar-refractivity contribution is 7.90. The maximum Gasteiger partial charge on any atom is 0.182 e. The van der Waals surface area contributed by atoms with Crippen molar-refractivity contribution in [2.75, 3.05) is 5.73 Å². The number of hydrogen-bond donors (Lipinski definition) is 1. The van der Waals surface area contributed by atoms with Crippen LogP contribution in [0.5, 0.6) is 0 Å². The van der Waals surface area contributed by atoms with Gasteiger partial charge < -0.3 is 5.73 Å². The molecule has 0 atom stereocenters. The second-order valence-corrected chi connectivity index (χ2v) is 7.21. The molecule has 20 heavy (non-hydrogen) atoms. The van der Waals surface area contributed by atoms with E-state index in [9.17, 15) is 8.42 Å². The fourth-order valence-corrected chi connectivity index (χ4v) is 3.74. The molecule has 0 aliphatic carbocycles. The Bertz CT molecular complexity index is 734. The molecular weight excluding hydrogens is 294 g/mol. The van der Waals surface area contributed by atoms with E-state index in [0.29, 0.717) is 21.2 Å². The van der Waals surface area contributed by atoms with Crippen molar-refractivity contribution in [3.63, 3.8) is 0 Å². The number of halogens is 1. The smallest absolute Gasteiger partial charge is 0.182 e. The predicted octanol–water partition coefficient (Wildman–Crippen LogP) is 3.51. The van der Waals surface area contributed by atoms with E-state index in [-0.39, 0.29) is 5.75 Å². The van der Waals surface area contributed by atoms with Crippen LogP contribution in [-0.4, -0.2) is 8.42 Å². The van der Waals surface area contributed by atoms with E-state index in [1.54, 1.807) is 36.4 Å². The molecule has 2 aromatic carbocycles. The quantitative estimate of drug-likeness (QED) is 0.883. The lowest BCUT2D eigenvalue weighted by atomic mass is 10.1. The Hall–Kier alpha value is -1.52. The van der Waals surface area contributed by atoms with E-state index in [2.05, 4.69) is 0 Å². The van der Waals surface area contributed by atoms with Gasteiger partial charge in [0.15, 0.2) is 9.84 Å². The molecule has 0 aromatic heterocycles. The summed E-state index contributed by atoms with van der Waals surface area (Å²) in [5, 5.41) is 0.373. The highest BCUT2D eigenvalue weighted by atomic mass is 35.5. The predicted molar refractivity (Wildman–Crippen MR) is 82.7 cm³/mol. The van der Waals surface area contributed by atoms with Crippen molar-refractivity contribution in [2.45, 2.75) is 24.5 Å². The number of rotatable bonds is 3. The van der Waals surface area contributed by atoms with E-state index in [0.717, 1.165) is 11.1 Å². The van der Waals surface area contributed by atoms with Gasteiger partial charge >= 0.3 is 0 Å². The van der Waals surface area contributed by atoms with Gasteiger partial charge in [0.1, 0.15) is 0 Å². The van der Waals surface area contributed by atoms with E-state index < -0.39 is 9.84 Å². The molecular formula is C15H16ClNO2S. The number of anilines is 1. The molecule has 0 radical (unpaired) electrons. The zero-order valence-corrected chi connectivity index (χ0v) is 12.9. The van der Waals surface area contributed by atoms with Gasteiger partial charge in [-0.05, 0) is 49.2 Å². The summed E-state index contributed by atoms with van der Waals surface area (Å²) in [6.07, 6.45) is 0. The van der Waals surface area contributed by atoms with Crippen molar-refractivity contribution < 1.29 is 8.42 Å². The summed E-state index contributed by atoms with van der Waals surface area (Å²) in [6.45, 7) is 3.83. The molecule has 2 aromatic rings. The molecule has 0 bridgehead atoms. The summed E-state index contributed by atoms with van der Waals surface area (Å²) in [6, 6.07) is 10.1. The SMILES string of the molecule is Cc1ccc(S(=O)(=O)Cc2c(N)cccc2Cl)cc1C. The van der Waals surface area contributed by atoms with Crippen molar-refractivity contribution in [2.24, 2.45) is 0 Å². The highest BCUT2D eigenvalue weighted by Crippen LogP contribution is 2.27. The maximum absolute atomic E-state index is 12.5. The van der Waals surface area contributed by atoms with Gasteiger partial charge in [0.2, 0.25) is 0 Å². The molecule has 0 aliphatic heterocycles. The Morgan fingerprint density at radius 3 is 2.40 bits per heavy atom. The van der Waals surface area contributed by atoms with Crippen LogP contribution < -0.4 is 5.73 Å². The van der Waals surface area contributed by atoms with E-state index in [1.165, 1.54) is 0 Å². The minimum absolute atomic E-state index is 0.193. The van der Waals surface area contributed by atoms with Gasteiger partial charge in [-0.15, -0.1) is 0 Å². The van der Waals surface area contributed by atoms with Crippen LogP contribution in [0.4, 0.5) is 5.69 Å². The van der Waals surface area contributed by atoms with Crippen LogP contribution in [0.2, 0.25) is 5.02 Å². The molecule has 0 fully saturated rings. The molecule has 106 valence electrons. The average Bonchev–Trinajstić information content (AvgIpc) is 2.37. The first-order chi connectivity index (χ1) is 9.31. The summed E-state index contributed by atoms with van der Waals surface area (Å²) in [7, 11) is -3.46. The topological polar surface area (TPSA) is 60.2 Å². The van der Waals surface area contributed by atoms with Gasteiger partial charge in [0.05, 0.1) is 10.6 Å². The van der Waals surface area contributed by atoms with Crippen molar-refractivity contribution in [1.29, 1.82) is 0 Å². The second-order valence-electron chi connectivity index (χ2n) is 4.81. The van der Waals surface area contributed by atoms with Crippen molar-refractivity contribution >= 4 is 27.1 Å². The Morgan fingerprint density at radius 1 is 1.10 bits per heavy atom. The van der Waals surface area contributed by atoms with Crippen molar-refractivity contribution in [1.82, 2.24) is 0 Å². The Morgan fingerprint density at radius 2 is 1.80 bits per heavy atom. The summed E-state index contributed by atoms with van der Waals surface area (Å²) in [4.78, 5) is 0.292. The second kappa shape index (κ2) is 5.46. The number of hydrogen-bond acceptors (Lipinski definition) is 3. The lowest BCUT2D eigenvalue weighted by molar-refractivity contribution is 0.595. The van der Waals surface area contributed by atoms with E-state index in [4.69, 9.17) is 17.3 Å². The molecule has 2 rings (SSSR count). The molecule has 0 saturated carbocycles. The summed E-state index contributed by atoms with van der Waals surface area (Å²) in [5.41, 5.74) is 8.66. The van der Waals surface area contributed by atoms with Gasteiger partial charge in [-0.2, -0.15) is 0 Å². The average molecular weight is 310 g/mol. The standard InChI is InChI=1S/C15H16ClNO2S/c1-10-6-7-12(8-11(10)2)20(18,19)9-13-14(16)4-3-5-15(13)17/h3-8H,9,17H2,1-2H3. The minimum atomic E-state index is -3.46. The van der Waals surface area contributed by atoms with E-state index >= 15 is 0 Å². The van der Waals surface area contributed by atoms with Gasteiger partial charge in [0, 0.05) is 16.3 Å². The fraction of sp³-hybridized carbons (Fsp3) is 0.200. The lowest BCUT2D eigenvalue weighted by Gasteiger charge is -2.10. The van der Waals surface area contributed by atoms with Gasteiger partial charge in [-0.25, -0.2) is 8.42 Å². The Labute approximate surface area is 124 Å². The first kappa shape index (κ1) is 14.9. The third-order valence-corrected chi connectivity index (χ3v) is 5.32. The van der Waals surface area contributed by atoms with Crippen LogP contribution >= 0.6 is 11.6 Å². The van der Waals surface area contributed by atoms with Crippen LogP contribution in [0.3, 0.4) is 0 Å². The zero-order valence-electron chi connectivity index (χ0n) is 11.4. The molecule has 5 heteroatoms. The van der Waals surface area contributed by atoms with Crippen LogP contribution in [0.15, 0.2) is 41.3 Å². The Kier molecular flexibility index (Phi) is 4.06. The minimum Gasteiger partial charge on any atom is -0.398 e. The summed E-state index contributed by atoms with van der Waals surface area (Å²) < 4.78 is 24.9. The monoisotopic (exact) mass is 309 g/mol. The van der Waals surface area contributed by atoms with Crippen LogP contribution in [-0.2, 0) is 15.6 Å². The number of nitrogens with two attached hydrogens (primary N) is 1. The number of benzene rings is 2. The maximum atomic E-state index is 12.5. The van der Waals surface area contributed by atoms with Gasteiger partial charge in [-0.1, -0.05) is 23.7 Å². The molecule has 2 N–H and O–H groups in total. The normalized spacial score (nSPS) is 11.6. The molecule has 0 amide bonds. The first-order valence-electron chi connectivity index (χ1n) is 6.14. The molecule has 0 saturated heterocycles. The van der Waals surface area contributed by atoms with Crippen LogP contribution in [0.25, 0.3) is 0 Å². The zero-order chi connectivity index (χ0) is 14.9. The van der Waals surface area contributed by atoms with Crippen molar-refractivity contribution in [3.05, 3.63) is 58.1 Å². The third kappa shape index (κ3) is 2.97. The number of nitrogen functional groups attached to an aromatic ring is 1. The van der Waals surface area contributed by atoms with Gasteiger partial charge in [0.25, 0.3) is 0 Å². The summed E-state index contributed by atoms with van der Waals surface area (Å²) >= 11 is 6.04. The third-order valence-electron chi connectivity index (χ3n) is 3.33. The van der Waals surface area contributed by atoms with Crippen molar-refractivity contribution in [3.8, 4) is 0 Å². The fourth-order valence-electron chi connectivity index (χ4n) is 1.91. The molecule has 3 nitrogen and oxygen atoms in total. The number of sulfone groups is 1.